The molecule has 2 atom stereocenters. The molecule has 0 unspecified atom stereocenters. The summed E-state index contributed by atoms with van der Waals surface area (Å²) in [6.07, 6.45) is 2.68. The van der Waals surface area contributed by atoms with Crippen LogP contribution in [0.25, 0.3) is 11.3 Å². The summed E-state index contributed by atoms with van der Waals surface area (Å²) in [4.78, 5) is 38.3. The highest BCUT2D eigenvalue weighted by Crippen LogP contribution is 2.42. The number of carbonyl (C=O) groups excluding carboxylic acids is 2. The highest BCUT2D eigenvalue weighted by atomic mass is 19.4. The lowest BCUT2D eigenvalue weighted by atomic mass is 9.79. The number of nitrogens with zero attached hydrogens (tertiary/aromatic N) is 4. The van der Waals surface area contributed by atoms with E-state index >= 15 is 0 Å². The van der Waals surface area contributed by atoms with Gasteiger partial charge in [-0.2, -0.15) is 13.2 Å². The van der Waals surface area contributed by atoms with Gasteiger partial charge in [0.15, 0.2) is 0 Å². The molecule has 3 aliphatic rings. The molecular weight excluding hydrogens is 578 g/mol. The van der Waals surface area contributed by atoms with Crippen LogP contribution in [0.1, 0.15) is 60.1 Å². The number of fused-ring (bicyclic) bond motifs is 1. The molecule has 2 aliphatic heterocycles. The van der Waals surface area contributed by atoms with Crippen molar-refractivity contribution in [2.45, 2.75) is 68.4 Å². The molecule has 2 aromatic heterocycles. The Labute approximate surface area is 252 Å². The fourth-order valence-electron chi connectivity index (χ4n) is 7.05. The second-order valence-electron chi connectivity index (χ2n) is 11.8. The van der Waals surface area contributed by atoms with Gasteiger partial charge in [-0.05, 0) is 81.0 Å². The topological polar surface area (TPSA) is 98.7 Å². The Morgan fingerprint density at radius 3 is 2.45 bits per heavy atom. The molecule has 2 amide bonds. The monoisotopic (exact) mass is 611 g/mol. The lowest BCUT2D eigenvalue weighted by Gasteiger charge is -2.41. The van der Waals surface area contributed by atoms with Crippen LogP contribution >= 0.6 is 0 Å². The number of halogens is 4. The average Bonchev–Trinajstić information content (AvgIpc) is 3.63. The molecule has 0 spiro atoms. The van der Waals surface area contributed by atoms with Crippen LogP contribution in [-0.4, -0.2) is 74.4 Å². The largest absolute Gasteiger partial charge is 0.416 e. The number of hydrogen-bond acceptors (Lipinski definition) is 6. The minimum Gasteiger partial charge on any atom is -0.384 e. The van der Waals surface area contributed by atoms with Gasteiger partial charge in [0.25, 0.3) is 5.91 Å². The van der Waals surface area contributed by atoms with Gasteiger partial charge in [-0.15, -0.1) is 0 Å². The number of benzene rings is 1. The fourth-order valence-corrected chi connectivity index (χ4v) is 7.05. The Bertz CT molecular complexity index is 1520. The number of likely N-dealkylation sites (tertiary alicyclic amines) is 2. The molecule has 8 nitrogen and oxygen atoms in total. The van der Waals surface area contributed by atoms with E-state index in [4.69, 9.17) is 0 Å². The maximum absolute atomic E-state index is 14.1. The number of pyridine rings is 2. The third-order valence-electron chi connectivity index (χ3n) is 9.32. The maximum Gasteiger partial charge on any atom is 0.416 e. The van der Waals surface area contributed by atoms with E-state index < -0.39 is 29.1 Å². The quantitative estimate of drug-likeness (QED) is 0.398. The van der Waals surface area contributed by atoms with E-state index in [1.54, 1.807) is 23.2 Å². The van der Waals surface area contributed by atoms with Gasteiger partial charge in [0.2, 0.25) is 5.91 Å². The number of nitrogens with one attached hydrogen (secondary N) is 1. The van der Waals surface area contributed by atoms with Crippen LogP contribution in [0.2, 0.25) is 0 Å². The Hall–Kier alpha value is -3.90. The summed E-state index contributed by atoms with van der Waals surface area (Å²) in [5.74, 6) is -1.41. The Morgan fingerprint density at radius 2 is 1.75 bits per heavy atom. The summed E-state index contributed by atoms with van der Waals surface area (Å²) >= 11 is 0. The molecule has 44 heavy (non-hydrogen) atoms. The van der Waals surface area contributed by atoms with Gasteiger partial charge in [0.05, 0.1) is 17.8 Å². The Balaban J connectivity index is 1.02. The lowest BCUT2D eigenvalue weighted by Crippen LogP contribution is -2.47. The van der Waals surface area contributed by atoms with Crippen molar-refractivity contribution in [3.05, 3.63) is 83.6 Å². The molecule has 2 N–H and O–H groups in total. The van der Waals surface area contributed by atoms with Gasteiger partial charge in [0.1, 0.15) is 17.1 Å². The number of carbonyl (C=O) groups is 2. The molecule has 12 heteroatoms. The van der Waals surface area contributed by atoms with Crippen molar-refractivity contribution in [3.63, 3.8) is 0 Å². The second kappa shape index (κ2) is 11.9. The van der Waals surface area contributed by atoms with Crippen LogP contribution in [0.15, 0.2) is 60.9 Å². The van der Waals surface area contributed by atoms with Crippen molar-refractivity contribution in [1.29, 1.82) is 0 Å². The molecule has 1 saturated carbocycles. The molecule has 2 saturated heterocycles. The number of alkyl halides is 3. The van der Waals surface area contributed by atoms with Gasteiger partial charge < -0.3 is 15.3 Å². The Morgan fingerprint density at radius 1 is 0.977 bits per heavy atom. The predicted octanol–water partition coefficient (Wildman–Crippen LogP) is 4.54. The summed E-state index contributed by atoms with van der Waals surface area (Å²) in [5.41, 5.74) is -0.829. The van der Waals surface area contributed by atoms with E-state index in [1.807, 2.05) is 0 Å². The van der Waals surface area contributed by atoms with Gasteiger partial charge in [-0.3, -0.25) is 24.5 Å². The van der Waals surface area contributed by atoms with E-state index in [0.717, 1.165) is 44.4 Å². The summed E-state index contributed by atoms with van der Waals surface area (Å²) in [6.45, 7) is 1.09. The molecule has 6 rings (SSSR count). The second-order valence-corrected chi connectivity index (χ2v) is 11.8. The molecule has 3 fully saturated rings. The third-order valence-corrected chi connectivity index (χ3v) is 9.32. The van der Waals surface area contributed by atoms with Crippen molar-refractivity contribution >= 4 is 11.8 Å². The lowest BCUT2D eigenvalue weighted by molar-refractivity contribution is -0.137. The SMILES string of the molecule is O=C(NCC(=O)N1CC[C@H]2[C@@H]1CCN2C1CCC(O)(c2ccc(-c3ncccc3F)cn2)CC1)c1cccc(C(F)(F)F)c1. The normalized spacial score (nSPS) is 25.6. The van der Waals surface area contributed by atoms with Gasteiger partial charge in [-0.25, -0.2) is 4.39 Å². The van der Waals surface area contributed by atoms with Gasteiger partial charge in [-0.1, -0.05) is 6.07 Å². The average molecular weight is 612 g/mol. The first kappa shape index (κ1) is 30.1. The minimum atomic E-state index is -4.56. The smallest absolute Gasteiger partial charge is 0.384 e. The zero-order valence-corrected chi connectivity index (χ0v) is 23.9. The molecule has 0 bridgehead atoms. The van der Waals surface area contributed by atoms with Gasteiger partial charge >= 0.3 is 6.18 Å². The zero-order valence-electron chi connectivity index (χ0n) is 23.9. The summed E-state index contributed by atoms with van der Waals surface area (Å²) in [5, 5.41) is 13.9. The Kier molecular flexibility index (Phi) is 8.14. The fraction of sp³-hybridized carbons (Fsp3) is 0.438. The summed E-state index contributed by atoms with van der Waals surface area (Å²) in [7, 11) is 0. The van der Waals surface area contributed by atoms with Gasteiger partial charge in [0, 0.05) is 54.7 Å². The van der Waals surface area contributed by atoms with Crippen LogP contribution in [0.4, 0.5) is 17.6 Å². The van der Waals surface area contributed by atoms with Crippen LogP contribution in [0, 0.1) is 5.82 Å². The van der Waals surface area contributed by atoms with E-state index in [9.17, 15) is 32.3 Å². The number of rotatable bonds is 6. The standard InChI is InChI=1S/C32H33F4N5O3/c33-24-5-2-14-37-29(24)21-6-7-27(38-18-21)31(44)12-8-23(9-13-31)40-15-10-26-25(40)11-16-41(26)28(42)19-39-30(43)20-3-1-4-22(17-20)32(34,35)36/h1-7,14,17-18,23,25-26,44H,8-13,15-16,19H2,(H,39,43)/t23?,25-,26-,31?/m0/s1. The van der Waals surface area contributed by atoms with Crippen LogP contribution in [0.5, 0.6) is 0 Å². The van der Waals surface area contributed by atoms with Crippen LogP contribution < -0.4 is 5.32 Å². The van der Waals surface area contributed by atoms with Crippen molar-refractivity contribution in [2.24, 2.45) is 0 Å². The van der Waals surface area contributed by atoms with Crippen molar-refractivity contribution < 1.29 is 32.3 Å². The maximum atomic E-state index is 14.1. The molecule has 0 radical (unpaired) electrons. The number of hydrogen-bond donors (Lipinski definition) is 2. The number of aromatic nitrogens is 2. The van der Waals surface area contributed by atoms with E-state index in [1.165, 1.54) is 30.5 Å². The first-order valence-corrected chi connectivity index (χ1v) is 14.8. The summed E-state index contributed by atoms with van der Waals surface area (Å²) < 4.78 is 53.2. The number of amides is 2. The first-order valence-electron chi connectivity index (χ1n) is 14.8. The highest BCUT2D eigenvalue weighted by Gasteiger charge is 2.48. The predicted molar refractivity (Wildman–Crippen MR) is 153 cm³/mol. The zero-order chi connectivity index (χ0) is 31.1. The molecule has 4 heterocycles. The van der Waals surface area contributed by atoms with Crippen LogP contribution in [-0.2, 0) is 16.6 Å². The highest BCUT2D eigenvalue weighted by molar-refractivity contribution is 5.96. The molecule has 232 valence electrons. The molecule has 1 aliphatic carbocycles. The molecule has 3 aromatic rings. The minimum absolute atomic E-state index is 0.00923. The van der Waals surface area contributed by atoms with Crippen molar-refractivity contribution in [3.8, 4) is 11.3 Å². The van der Waals surface area contributed by atoms with Crippen LogP contribution in [0.3, 0.4) is 0 Å². The van der Waals surface area contributed by atoms with E-state index in [2.05, 4.69) is 20.2 Å². The first-order chi connectivity index (χ1) is 21.0. The third kappa shape index (κ3) is 5.92. The number of aliphatic hydroxyl groups is 1. The van der Waals surface area contributed by atoms with Crippen molar-refractivity contribution in [1.82, 2.24) is 25.1 Å². The van der Waals surface area contributed by atoms with E-state index in [-0.39, 0.29) is 41.8 Å². The van der Waals surface area contributed by atoms with E-state index in [0.29, 0.717) is 30.6 Å². The van der Waals surface area contributed by atoms with Crippen molar-refractivity contribution in [2.75, 3.05) is 19.6 Å². The molecular formula is C32H33F4N5O3. The summed E-state index contributed by atoms with van der Waals surface area (Å²) in [6, 6.07) is 10.9. The molecule has 1 aromatic carbocycles.